The van der Waals surface area contributed by atoms with Gasteiger partial charge in [0.25, 0.3) is 0 Å². The molecule has 0 N–H and O–H groups in total. The molecule has 0 heterocycles. The Morgan fingerprint density at radius 1 is 0.829 bits per heavy atom. The van der Waals surface area contributed by atoms with Gasteiger partial charge >= 0.3 is 0 Å². The molecule has 2 aromatic rings. The Kier molecular flexibility index (Phi) is 14.2. The molecule has 0 spiro atoms. The van der Waals surface area contributed by atoms with Crippen LogP contribution in [0.5, 0.6) is 5.75 Å². The minimum absolute atomic E-state index is 0.239. The van der Waals surface area contributed by atoms with Crippen LogP contribution < -0.4 is 4.74 Å². The molecule has 0 bridgehead atoms. The van der Waals surface area contributed by atoms with Crippen molar-refractivity contribution in [3.05, 3.63) is 65.7 Å². The number of ether oxygens (including phenoxy) is 1. The number of carbonyl (C=O) groups is 1. The summed E-state index contributed by atoms with van der Waals surface area (Å²) in [7, 11) is 0. The van der Waals surface area contributed by atoms with Gasteiger partial charge in [-0.2, -0.15) is 0 Å². The topological polar surface area (TPSA) is 32.8 Å². The zero-order chi connectivity index (χ0) is 25.3. The summed E-state index contributed by atoms with van der Waals surface area (Å²) in [5.41, 5.74) is 2.32. The molecule has 1 amide bonds. The van der Waals surface area contributed by atoms with Gasteiger partial charge in [-0.1, -0.05) is 88.9 Å². The summed E-state index contributed by atoms with van der Waals surface area (Å²) in [6.07, 6.45) is 8.68. The van der Waals surface area contributed by atoms with Gasteiger partial charge in [0.05, 0.1) is 0 Å². The lowest BCUT2D eigenvalue weighted by atomic mass is 10.1. The molecule has 2 aromatic carbocycles. The van der Waals surface area contributed by atoms with Gasteiger partial charge < -0.3 is 14.5 Å². The number of nitrogens with zero attached hydrogens (tertiary/aromatic N) is 2. The minimum atomic E-state index is 0.239. The molecule has 4 nitrogen and oxygen atoms in total. The summed E-state index contributed by atoms with van der Waals surface area (Å²) in [4.78, 5) is 17.8. The third kappa shape index (κ3) is 11.3. The van der Waals surface area contributed by atoms with Crippen LogP contribution in [-0.2, 0) is 17.9 Å². The molecular weight excluding hydrogens is 432 g/mol. The highest BCUT2D eigenvalue weighted by Gasteiger charge is 2.20. The van der Waals surface area contributed by atoms with Crippen LogP contribution in [0.3, 0.4) is 0 Å². The molecule has 0 aliphatic heterocycles. The third-order valence-electron chi connectivity index (χ3n) is 6.86. The van der Waals surface area contributed by atoms with E-state index in [1.54, 1.807) is 0 Å². The number of unbranched alkanes of at least 4 members (excludes halogenated alkanes) is 4. The Hall–Kier alpha value is -2.33. The van der Waals surface area contributed by atoms with E-state index >= 15 is 0 Å². The largest absolute Gasteiger partial charge is 0.489 e. The molecule has 0 aliphatic carbocycles. The minimum Gasteiger partial charge on any atom is -0.489 e. The van der Waals surface area contributed by atoms with E-state index in [2.05, 4.69) is 61.8 Å². The molecule has 0 aromatic heterocycles. The number of hydrogen-bond donors (Lipinski definition) is 0. The highest BCUT2D eigenvalue weighted by Crippen LogP contribution is 2.19. The van der Waals surface area contributed by atoms with Crippen molar-refractivity contribution in [2.24, 2.45) is 0 Å². The Morgan fingerprint density at radius 3 is 2.17 bits per heavy atom. The van der Waals surface area contributed by atoms with E-state index < -0.39 is 0 Å². The molecule has 0 aliphatic rings. The Balaban J connectivity index is 1.95. The maximum atomic E-state index is 13.2. The van der Waals surface area contributed by atoms with Gasteiger partial charge in [-0.15, -0.1) is 0 Å². The zero-order valence-corrected chi connectivity index (χ0v) is 22.7. The smallest absolute Gasteiger partial charge is 0.223 e. The maximum absolute atomic E-state index is 13.2. The lowest BCUT2D eigenvalue weighted by molar-refractivity contribution is -0.134. The summed E-state index contributed by atoms with van der Waals surface area (Å²) >= 11 is 0. The SMILES string of the molecule is CCCCCCCC(=O)N(Cc1ccc(OCc2ccccc2)cc1)C(C)CCCN(CC)CC. The van der Waals surface area contributed by atoms with E-state index in [1.165, 1.54) is 19.3 Å². The Morgan fingerprint density at radius 2 is 1.51 bits per heavy atom. The van der Waals surface area contributed by atoms with Crippen molar-refractivity contribution < 1.29 is 9.53 Å². The number of benzene rings is 2. The molecule has 194 valence electrons. The molecule has 1 unspecified atom stereocenters. The molecule has 2 rings (SSSR count). The van der Waals surface area contributed by atoms with E-state index in [-0.39, 0.29) is 6.04 Å². The van der Waals surface area contributed by atoms with E-state index in [1.807, 2.05) is 30.3 Å². The summed E-state index contributed by atoms with van der Waals surface area (Å²) in [5, 5.41) is 0. The average Bonchev–Trinajstić information content (AvgIpc) is 2.89. The van der Waals surface area contributed by atoms with Gasteiger partial charge in [-0.3, -0.25) is 4.79 Å². The van der Waals surface area contributed by atoms with Crippen LogP contribution in [0.15, 0.2) is 54.6 Å². The highest BCUT2D eigenvalue weighted by molar-refractivity contribution is 5.76. The first-order valence-electron chi connectivity index (χ1n) is 13.8. The van der Waals surface area contributed by atoms with Gasteiger partial charge in [-0.25, -0.2) is 0 Å². The predicted octanol–water partition coefficient (Wildman–Crippen LogP) is 7.47. The second-order valence-corrected chi connectivity index (χ2v) is 9.62. The van der Waals surface area contributed by atoms with Gasteiger partial charge in [0.15, 0.2) is 0 Å². The number of amides is 1. The molecule has 0 radical (unpaired) electrons. The van der Waals surface area contributed by atoms with Crippen LogP contribution >= 0.6 is 0 Å². The van der Waals surface area contributed by atoms with E-state index in [0.717, 1.165) is 62.2 Å². The maximum Gasteiger partial charge on any atom is 0.223 e. The fourth-order valence-corrected chi connectivity index (χ4v) is 4.45. The lowest BCUT2D eigenvalue weighted by Crippen LogP contribution is -2.38. The van der Waals surface area contributed by atoms with Crippen LogP contribution in [0, 0.1) is 0 Å². The van der Waals surface area contributed by atoms with Gasteiger partial charge in [-0.05, 0) is 69.1 Å². The van der Waals surface area contributed by atoms with Crippen molar-refractivity contribution in [1.29, 1.82) is 0 Å². The first-order valence-corrected chi connectivity index (χ1v) is 13.8. The molecule has 4 heteroatoms. The van der Waals surface area contributed by atoms with Gasteiger partial charge in [0.2, 0.25) is 5.91 Å². The summed E-state index contributed by atoms with van der Waals surface area (Å²) in [5.74, 6) is 1.15. The quantitative estimate of drug-likeness (QED) is 0.208. The van der Waals surface area contributed by atoms with Crippen LogP contribution in [0.1, 0.15) is 90.2 Å². The van der Waals surface area contributed by atoms with Crippen LogP contribution in [0.4, 0.5) is 0 Å². The lowest BCUT2D eigenvalue weighted by Gasteiger charge is -2.30. The molecule has 1 atom stereocenters. The fourth-order valence-electron chi connectivity index (χ4n) is 4.45. The molecule has 0 saturated heterocycles. The standard InChI is InChI=1S/C31H48N2O2/c1-5-8-9-10-14-19-31(34)33(27(4)16-15-24-32(6-2)7-3)25-28-20-22-30(23-21-28)35-26-29-17-12-11-13-18-29/h11-13,17-18,20-23,27H,5-10,14-16,19,24-26H2,1-4H3. The third-order valence-corrected chi connectivity index (χ3v) is 6.86. The van der Waals surface area contributed by atoms with Crippen molar-refractivity contribution in [1.82, 2.24) is 9.80 Å². The van der Waals surface area contributed by atoms with Crippen molar-refractivity contribution in [2.45, 2.75) is 98.3 Å². The van der Waals surface area contributed by atoms with E-state index in [0.29, 0.717) is 25.5 Å². The Labute approximate surface area is 214 Å². The second kappa shape index (κ2) is 17.2. The number of hydrogen-bond acceptors (Lipinski definition) is 3. The second-order valence-electron chi connectivity index (χ2n) is 9.62. The first kappa shape index (κ1) is 28.9. The van der Waals surface area contributed by atoms with Crippen LogP contribution in [0.2, 0.25) is 0 Å². The molecule has 0 saturated carbocycles. The highest BCUT2D eigenvalue weighted by atomic mass is 16.5. The normalized spacial score (nSPS) is 12.0. The molecule has 0 fully saturated rings. The summed E-state index contributed by atoms with van der Waals surface area (Å²) in [6.45, 7) is 13.4. The van der Waals surface area contributed by atoms with Crippen molar-refractivity contribution in [3.8, 4) is 5.75 Å². The Bertz CT molecular complexity index is 802. The first-order chi connectivity index (χ1) is 17.1. The average molecular weight is 481 g/mol. The van der Waals surface area contributed by atoms with Crippen LogP contribution in [-0.4, -0.2) is 41.4 Å². The fraction of sp³-hybridized carbons (Fsp3) is 0.581. The van der Waals surface area contributed by atoms with E-state index in [9.17, 15) is 4.79 Å². The van der Waals surface area contributed by atoms with E-state index in [4.69, 9.17) is 4.74 Å². The number of rotatable bonds is 18. The molecule has 35 heavy (non-hydrogen) atoms. The van der Waals surface area contributed by atoms with Crippen LogP contribution in [0.25, 0.3) is 0 Å². The molecular formula is C31H48N2O2. The van der Waals surface area contributed by atoms with Crippen molar-refractivity contribution in [2.75, 3.05) is 19.6 Å². The van der Waals surface area contributed by atoms with Gasteiger partial charge in [0.1, 0.15) is 12.4 Å². The van der Waals surface area contributed by atoms with Gasteiger partial charge in [0, 0.05) is 19.0 Å². The predicted molar refractivity (Wildman–Crippen MR) is 148 cm³/mol. The summed E-state index contributed by atoms with van der Waals surface area (Å²) in [6, 6.07) is 18.7. The van der Waals surface area contributed by atoms with Crippen molar-refractivity contribution in [3.63, 3.8) is 0 Å². The number of carbonyl (C=O) groups excluding carboxylic acids is 1. The zero-order valence-electron chi connectivity index (χ0n) is 22.7. The summed E-state index contributed by atoms with van der Waals surface area (Å²) < 4.78 is 5.94. The van der Waals surface area contributed by atoms with Crippen molar-refractivity contribution >= 4 is 5.91 Å². The monoisotopic (exact) mass is 480 g/mol.